The van der Waals surface area contributed by atoms with Crippen molar-refractivity contribution in [2.75, 3.05) is 20.8 Å². The minimum Gasteiger partial charge on any atom is -0.497 e. The van der Waals surface area contributed by atoms with E-state index in [1.807, 2.05) is 44.2 Å². The largest absolute Gasteiger partial charge is 0.497 e. The Balaban J connectivity index is 2.20. The molecule has 2 rings (SSSR count). The molecular weight excluding hydrogens is 384 g/mol. The summed E-state index contributed by atoms with van der Waals surface area (Å²) in [6, 6.07) is 13.8. The molecule has 0 unspecified atom stereocenters. The van der Waals surface area contributed by atoms with Gasteiger partial charge in [-0.05, 0) is 50.6 Å². The standard InChI is InChI=1S/C23H30N2O5/c1-16(2)24-23(27)17(3)25(14-18-9-8-10-19(13-18)28-4)22(26)15-30-21-12-7-6-11-20(21)29-5/h6-13,16-17H,14-15H2,1-5H3,(H,24,27)/t17-/m0/s1. The number of nitrogens with one attached hydrogen (secondary N) is 1. The van der Waals surface area contributed by atoms with Gasteiger partial charge in [0.2, 0.25) is 5.91 Å². The van der Waals surface area contributed by atoms with Gasteiger partial charge in [-0.15, -0.1) is 0 Å². The van der Waals surface area contributed by atoms with E-state index in [4.69, 9.17) is 14.2 Å². The van der Waals surface area contributed by atoms with Gasteiger partial charge in [0, 0.05) is 12.6 Å². The molecule has 2 aromatic carbocycles. The van der Waals surface area contributed by atoms with Gasteiger partial charge in [-0.2, -0.15) is 0 Å². The molecule has 1 N–H and O–H groups in total. The number of para-hydroxylation sites is 2. The van der Waals surface area contributed by atoms with Gasteiger partial charge in [-0.3, -0.25) is 9.59 Å². The van der Waals surface area contributed by atoms with Gasteiger partial charge in [0.1, 0.15) is 11.8 Å². The second-order valence-electron chi connectivity index (χ2n) is 7.15. The third-order valence-corrected chi connectivity index (χ3v) is 4.51. The van der Waals surface area contributed by atoms with Gasteiger partial charge in [0.05, 0.1) is 14.2 Å². The van der Waals surface area contributed by atoms with Gasteiger partial charge < -0.3 is 24.4 Å². The van der Waals surface area contributed by atoms with Crippen molar-refractivity contribution >= 4 is 11.8 Å². The van der Waals surface area contributed by atoms with Gasteiger partial charge in [0.25, 0.3) is 5.91 Å². The Labute approximate surface area is 177 Å². The maximum absolute atomic E-state index is 13.1. The van der Waals surface area contributed by atoms with Crippen LogP contribution in [-0.4, -0.2) is 49.6 Å². The first-order valence-electron chi connectivity index (χ1n) is 9.84. The number of hydrogen-bond acceptors (Lipinski definition) is 5. The van der Waals surface area contributed by atoms with Crippen LogP contribution in [0, 0.1) is 0 Å². The van der Waals surface area contributed by atoms with E-state index in [0.717, 1.165) is 5.56 Å². The fraction of sp³-hybridized carbons (Fsp3) is 0.391. The molecule has 0 aliphatic rings. The van der Waals surface area contributed by atoms with E-state index >= 15 is 0 Å². The lowest BCUT2D eigenvalue weighted by Gasteiger charge is -2.29. The van der Waals surface area contributed by atoms with Crippen LogP contribution in [0.1, 0.15) is 26.3 Å². The molecule has 0 spiro atoms. The molecule has 0 aromatic heterocycles. The Morgan fingerprint density at radius 2 is 1.67 bits per heavy atom. The zero-order valence-corrected chi connectivity index (χ0v) is 18.2. The molecule has 7 heteroatoms. The van der Waals surface area contributed by atoms with Crippen molar-refractivity contribution in [1.82, 2.24) is 10.2 Å². The second kappa shape index (κ2) is 11.1. The van der Waals surface area contributed by atoms with E-state index in [1.54, 1.807) is 32.2 Å². The summed E-state index contributed by atoms with van der Waals surface area (Å²) in [7, 11) is 3.12. The highest BCUT2D eigenvalue weighted by molar-refractivity contribution is 5.88. The summed E-state index contributed by atoms with van der Waals surface area (Å²) in [5.74, 6) is 1.15. The van der Waals surface area contributed by atoms with Crippen LogP contribution in [0.5, 0.6) is 17.2 Å². The normalized spacial score (nSPS) is 11.5. The fourth-order valence-corrected chi connectivity index (χ4v) is 2.92. The van der Waals surface area contributed by atoms with Crippen molar-refractivity contribution in [3.05, 3.63) is 54.1 Å². The van der Waals surface area contributed by atoms with Crippen LogP contribution in [0.15, 0.2) is 48.5 Å². The Morgan fingerprint density at radius 3 is 2.30 bits per heavy atom. The van der Waals surface area contributed by atoms with Crippen molar-refractivity contribution in [2.24, 2.45) is 0 Å². The zero-order valence-electron chi connectivity index (χ0n) is 18.2. The molecule has 0 aliphatic carbocycles. The molecule has 0 saturated carbocycles. The SMILES string of the molecule is COc1cccc(CN(C(=O)COc2ccccc2OC)[C@@H](C)C(=O)NC(C)C)c1. The number of amides is 2. The van der Waals surface area contributed by atoms with Crippen molar-refractivity contribution < 1.29 is 23.8 Å². The van der Waals surface area contributed by atoms with Crippen LogP contribution in [0.25, 0.3) is 0 Å². The molecule has 2 amide bonds. The Morgan fingerprint density at radius 1 is 0.967 bits per heavy atom. The zero-order chi connectivity index (χ0) is 22.1. The maximum Gasteiger partial charge on any atom is 0.261 e. The highest BCUT2D eigenvalue weighted by Crippen LogP contribution is 2.26. The highest BCUT2D eigenvalue weighted by Gasteiger charge is 2.27. The lowest BCUT2D eigenvalue weighted by Crippen LogP contribution is -2.50. The number of hydrogen-bond donors (Lipinski definition) is 1. The molecule has 0 fully saturated rings. The molecule has 0 bridgehead atoms. The molecule has 0 radical (unpaired) electrons. The average molecular weight is 415 g/mol. The van der Waals surface area contributed by atoms with Crippen LogP contribution in [0.3, 0.4) is 0 Å². The molecule has 7 nitrogen and oxygen atoms in total. The van der Waals surface area contributed by atoms with E-state index in [-0.39, 0.29) is 31.0 Å². The van der Waals surface area contributed by atoms with Crippen molar-refractivity contribution in [3.63, 3.8) is 0 Å². The number of carbonyl (C=O) groups excluding carboxylic acids is 2. The quantitative estimate of drug-likeness (QED) is 0.647. The topological polar surface area (TPSA) is 77.1 Å². The lowest BCUT2D eigenvalue weighted by molar-refractivity contribution is -0.142. The van der Waals surface area contributed by atoms with Crippen molar-refractivity contribution in [3.8, 4) is 17.2 Å². The van der Waals surface area contributed by atoms with Crippen LogP contribution in [0.4, 0.5) is 0 Å². The summed E-state index contributed by atoms with van der Waals surface area (Å²) >= 11 is 0. The first-order valence-corrected chi connectivity index (χ1v) is 9.84. The molecule has 30 heavy (non-hydrogen) atoms. The summed E-state index contributed by atoms with van der Waals surface area (Å²) in [5.41, 5.74) is 0.851. The number of carbonyl (C=O) groups is 2. The number of benzene rings is 2. The molecule has 0 aliphatic heterocycles. The van der Waals surface area contributed by atoms with E-state index in [9.17, 15) is 9.59 Å². The summed E-state index contributed by atoms with van der Waals surface area (Å²) in [4.78, 5) is 27.2. The van der Waals surface area contributed by atoms with Crippen molar-refractivity contribution in [2.45, 2.75) is 39.4 Å². The number of rotatable bonds is 10. The van der Waals surface area contributed by atoms with E-state index in [1.165, 1.54) is 12.0 Å². The molecular formula is C23H30N2O5. The van der Waals surface area contributed by atoms with Crippen LogP contribution in [-0.2, 0) is 16.1 Å². The minimum atomic E-state index is -0.674. The molecule has 1 atom stereocenters. The Bertz CT molecular complexity index is 853. The van der Waals surface area contributed by atoms with Crippen LogP contribution in [0.2, 0.25) is 0 Å². The van der Waals surface area contributed by atoms with Crippen LogP contribution < -0.4 is 19.5 Å². The van der Waals surface area contributed by atoms with Gasteiger partial charge in [-0.25, -0.2) is 0 Å². The third kappa shape index (κ3) is 6.40. The predicted octanol–water partition coefficient (Wildman–Crippen LogP) is 3.02. The monoisotopic (exact) mass is 414 g/mol. The first kappa shape index (κ1) is 23.1. The maximum atomic E-state index is 13.1. The first-order chi connectivity index (χ1) is 14.3. The van der Waals surface area contributed by atoms with Gasteiger partial charge in [-0.1, -0.05) is 24.3 Å². The second-order valence-corrected chi connectivity index (χ2v) is 7.15. The Kier molecular flexibility index (Phi) is 8.53. The minimum absolute atomic E-state index is 0.0291. The van der Waals surface area contributed by atoms with E-state index < -0.39 is 6.04 Å². The summed E-state index contributed by atoms with van der Waals surface area (Å²) < 4.78 is 16.2. The predicted molar refractivity (Wildman–Crippen MR) is 115 cm³/mol. The molecule has 2 aromatic rings. The lowest BCUT2D eigenvalue weighted by atomic mass is 10.1. The Hall–Kier alpha value is -3.22. The van der Waals surface area contributed by atoms with Crippen LogP contribution >= 0.6 is 0 Å². The highest BCUT2D eigenvalue weighted by atomic mass is 16.5. The number of nitrogens with zero attached hydrogens (tertiary/aromatic N) is 1. The smallest absolute Gasteiger partial charge is 0.261 e. The third-order valence-electron chi connectivity index (χ3n) is 4.51. The van der Waals surface area contributed by atoms with Crippen molar-refractivity contribution in [1.29, 1.82) is 0 Å². The van der Waals surface area contributed by atoms with Gasteiger partial charge >= 0.3 is 0 Å². The molecule has 0 saturated heterocycles. The average Bonchev–Trinajstić information content (AvgIpc) is 2.75. The van der Waals surface area contributed by atoms with Gasteiger partial charge in [0.15, 0.2) is 18.1 Å². The van der Waals surface area contributed by atoms with E-state index in [0.29, 0.717) is 17.2 Å². The summed E-state index contributed by atoms with van der Waals surface area (Å²) in [6.45, 7) is 5.49. The molecule has 0 heterocycles. The number of methoxy groups -OCH3 is 2. The summed E-state index contributed by atoms with van der Waals surface area (Å²) in [5, 5.41) is 2.86. The van der Waals surface area contributed by atoms with E-state index in [2.05, 4.69) is 5.32 Å². The summed E-state index contributed by atoms with van der Waals surface area (Å²) in [6.07, 6.45) is 0. The molecule has 162 valence electrons. The fourth-order valence-electron chi connectivity index (χ4n) is 2.92. The number of ether oxygens (including phenoxy) is 3.